The Morgan fingerprint density at radius 3 is 2.32 bits per heavy atom. The molecule has 4 atom stereocenters. The highest BCUT2D eigenvalue weighted by atomic mass is 16.6. The van der Waals surface area contributed by atoms with E-state index in [0.717, 1.165) is 10.8 Å². The molecule has 1 fully saturated rings. The lowest BCUT2D eigenvalue weighted by molar-refractivity contribution is 0.00157. The third kappa shape index (κ3) is 3.07. The molecule has 0 unspecified atom stereocenters. The van der Waals surface area contributed by atoms with Gasteiger partial charge in [-0.15, -0.1) is 0 Å². The van der Waals surface area contributed by atoms with E-state index < -0.39 is 24.4 Å². The lowest BCUT2D eigenvalue weighted by atomic mass is 9.97. The topological polar surface area (TPSA) is 70.1 Å². The van der Waals surface area contributed by atoms with Crippen molar-refractivity contribution >= 4 is 16.6 Å². The number of aliphatic hydroxyl groups is 2. The van der Waals surface area contributed by atoms with Crippen molar-refractivity contribution in [2.24, 2.45) is 0 Å². The summed E-state index contributed by atoms with van der Waals surface area (Å²) in [5.41, 5.74) is 1.15. The van der Waals surface area contributed by atoms with Gasteiger partial charge in [-0.1, -0.05) is 66.7 Å². The minimum atomic E-state index is -1.14. The zero-order valence-electron chi connectivity index (χ0n) is 13.4. The van der Waals surface area contributed by atoms with Crippen LogP contribution in [0.25, 0.3) is 10.8 Å². The molecule has 3 aromatic rings. The first kappa shape index (κ1) is 16.0. The second kappa shape index (κ2) is 6.41. The van der Waals surface area contributed by atoms with Crippen molar-refractivity contribution in [1.82, 2.24) is 0 Å². The lowest BCUT2D eigenvalue weighted by Crippen LogP contribution is -2.27. The monoisotopic (exact) mass is 334 g/mol. The second-order valence-electron chi connectivity index (χ2n) is 6.29. The fourth-order valence-electron chi connectivity index (χ4n) is 3.13. The number of epoxide rings is 1. The van der Waals surface area contributed by atoms with Crippen LogP contribution >= 0.6 is 0 Å². The first-order chi connectivity index (χ1) is 12.1. The minimum Gasteiger partial charge on any atom is -0.387 e. The molecule has 4 heteroatoms. The number of carbonyl (C=O) groups is 1. The van der Waals surface area contributed by atoms with Gasteiger partial charge in [0, 0.05) is 5.56 Å². The maximum atomic E-state index is 12.6. The Morgan fingerprint density at radius 2 is 1.56 bits per heavy atom. The van der Waals surface area contributed by atoms with Crippen LogP contribution in [0, 0.1) is 0 Å². The number of ketones is 1. The second-order valence-corrected chi connectivity index (χ2v) is 6.29. The van der Waals surface area contributed by atoms with Crippen molar-refractivity contribution in [3.8, 4) is 0 Å². The van der Waals surface area contributed by atoms with Crippen molar-refractivity contribution < 1.29 is 19.7 Å². The van der Waals surface area contributed by atoms with Crippen LogP contribution in [0.4, 0.5) is 0 Å². The van der Waals surface area contributed by atoms with E-state index in [1.807, 2.05) is 42.5 Å². The Bertz CT molecular complexity index is 906. The molecule has 0 saturated carbocycles. The number of rotatable bonds is 5. The molecule has 0 radical (unpaired) electrons. The van der Waals surface area contributed by atoms with Crippen LogP contribution < -0.4 is 0 Å². The van der Waals surface area contributed by atoms with Gasteiger partial charge in [-0.3, -0.25) is 4.79 Å². The fourth-order valence-corrected chi connectivity index (χ4v) is 3.13. The normalized spacial score (nSPS) is 21.7. The van der Waals surface area contributed by atoms with Crippen LogP contribution in [-0.2, 0) is 4.74 Å². The molecule has 25 heavy (non-hydrogen) atoms. The summed E-state index contributed by atoms with van der Waals surface area (Å²) in [4.78, 5) is 12.6. The Balaban J connectivity index is 1.49. The van der Waals surface area contributed by atoms with Gasteiger partial charge in [-0.05, 0) is 22.4 Å². The van der Waals surface area contributed by atoms with E-state index in [4.69, 9.17) is 4.74 Å². The molecule has 0 bridgehead atoms. The highest BCUT2D eigenvalue weighted by Crippen LogP contribution is 2.34. The number of aliphatic hydroxyl groups excluding tert-OH is 2. The van der Waals surface area contributed by atoms with Gasteiger partial charge >= 0.3 is 0 Å². The Hall–Kier alpha value is -2.53. The average Bonchev–Trinajstić information content (AvgIpc) is 3.47. The van der Waals surface area contributed by atoms with Gasteiger partial charge in [0.05, 0.1) is 0 Å². The van der Waals surface area contributed by atoms with Crippen molar-refractivity contribution in [3.05, 3.63) is 83.9 Å². The summed E-state index contributed by atoms with van der Waals surface area (Å²) >= 11 is 0. The molecule has 0 amide bonds. The third-order valence-corrected chi connectivity index (χ3v) is 4.62. The summed E-state index contributed by atoms with van der Waals surface area (Å²) in [5, 5.41) is 22.6. The average molecular weight is 334 g/mol. The molecule has 4 nitrogen and oxygen atoms in total. The summed E-state index contributed by atoms with van der Waals surface area (Å²) in [6.07, 6.45) is -3.62. The number of hydrogen-bond donors (Lipinski definition) is 2. The van der Waals surface area contributed by atoms with E-state index >= 15 is 0 Å². The minimum absolute atomic E-state index is 0.171. The number of hydrogen-bond acceptors (Lipinski definition) is 4. The fraction of sp³-hybridized carbons (Fsp3) is 0.190. The quantitative estimate of drug-likeness (QED) is 0.556. The molecule has 1 aliphatic rings. The van der Waals surface area contributed by atoms with Gasteiger partial charge in [0.1, 0.15) is 24.4 Å². The number of benzene rings is 3. The molecule has 2 N–H and O–H groups in total. The van der Waals surface area contributed by atoms with Crippen LogP contribution in [0.15, 0.2) is 72.8 Å². The van der Waals surface area contributed by atoms with E-state index in [1.165, 1.54) is 0 Å². The van der Waals surface area contributed by atoms with Crippen molar-refractivity contribution in [1.29, 1.82) is 0 Å². The Kier molecular flexibility index (Phi) is 4.09. The largest absolute Gasteiger partial charge is 0.387 e. The molecular weight excluding hydrogens is 316 g/mol. The molecule has 3 aromatic carbocycles. The maximum Gasteiger partial charge on any atom is 0.194 e. The van der Waals surface area contributed by atoms with Crippen LogP contribution in [0.2, 0.25) is 0 Å². The van der Waals surface area contributed by atoms with Crippen LogP contribution in [-0.4, -0.2) is 34.3 Å². The van der Waals surface area contributed by atoms with Crippen LogP contribution in [0.1, 0.15) is 22.0 Å². The van der Waals surface area contributed by atoms with E-state index in [-0.39, 0.29) is 5.78 Å². The lowest BCUT2D eigenvalue weighted by Gasteiger charge is -2.16. The Labute approximate surface area is 145 Å². The van der Waals surface area contributed by atoms with E-state index in [1.54, 1.807) is 30.3 Å². The molecule has 0 aliphatic carbocycles. The van der Waals surface area contributed by atoms with E-state index in [2.05, 4.69) is 0 Å². The first-order valence-corrected chi connectivity index (χ1v) is 8.25. The van der Waals surface area contributed by atoms with Crippen molar-refractivity contribution in [3.63, 3.8) is 0 Å². The van der Waals surface area contributed by atoms with E-state index in [9.17, 15) is 15.0 Å². The van der Waals surface area contributed by atoms with Gasteiger partial charge in [0.2, 0.25) is 0 Å². The molecule has 0 aromatic heterocycles. The molecule has 1 heterocycles. The molecule has 4 rings (SSSR count). The highest BCUT2D eigenvalue weighted by Gasteiger charge is 2.51. The summed E-state index contributed by atoms with van der Waals surface area (Å²) in [6.45, 7) is 0. The summed E-state index contributed by atoms with van der Waals surface area (Å²) in [5.74, 6) is -0.171. The predicted molar refractivity (Wildman–Crippen MR) is 94.3 cm³/mol. The van der Waals surface area contributed by atoms with Gasteiger partial charge in [0.25, 0.3) is 0 Å². The maximum absolute atomic E-state index is 12.6. The number of carbonyl (C=O) groups excluding carboxylic acids is 1. The van der Waals surface area contributed by atoms with Gasteiger partial charge in [0.15, 0.2) is 5.78 Å². The third-order valence-electron chi connectivity index (χ3n) is 4.62. The number of Topliss-reactive ketones (excluding diaryl/α,β-unsaturated/α-hetero) is 1. The number of fused-ring (bicyclic) bond motifs is 1. The zero-order valence-corrected chi connectivity index (χ0v) is 13.4. The van der Waals surface area contributed by atoms with Gasteiger partial charge < -0.3 is 14.9 Å². The molecular formula is C21H18O4. The van der Waals surface area contributed by atoms with Crippen molar-refractivity contribution in [2.75, 3.05) is 0 Å². The Morgan fingerprint density at radius 1 is 0.880 bits per heavy atom. The summed E-state index contributed by atoms with van der Waals surface area (Å²) in [7, 11) is 0. The summed E-state index contributed by atoms with van der Waals surface area (Å²) < 4.78 is 5.39. The van der Waals surface area contributed by atoms with Crippen LogP contribution in [0.3, 0.4) is 0 Å². The SMILES string of the molecule is O=C(c1ccc2ccccc2c1)[C@@H]1O[C@H]1[C@@H](O)[C@H](O)c1ccccc1. The van der Waals surface area contributed by atoms with Crippen LogP contribution in [0.5, 0.6) is 0 Å². The molecule has 0 spiro atoms. The molecule has 1 aliphatic heterocycles. The molecule has 1 saturated heterocycles. The molecule has 126 valence electrons. The van der Waals surface area contributed by atoms with E-state index in [0.29, 0.717) is 11.1 Å². The number of ether oxygens (including phenoxy) is 1. The van der Waals surface area contributed by atoms with Gasteiger partial charge in [-0.2, -0.15) is 0 Å². The smallest absolute Gasteiger partial charge is 0.194 e. The standard InChI is InChI=1S/C21H18O4/c22-17(14-7-2-1-3-8-14)19(24)21-20(25-21)18(23)16-11-10-13-6-4-5-9-15(13)12-16/h1-12,17,19-22,24H/t17-,19+,20+,21+/m1/s1. The zero-order chi connectivity index (χ0) is 17.4. The first-order valence-electron chi connectivity index (χ1n) is 8.25. The summed E-state index contributed by atoms with van der Waals surface area (Å²) in [6, 6.07) is 22.2. The predicted octanol–water partition coefficient (Wildman–Crippen LogP) is 2.88. The highest BCUT2D eigenvalue weighted by molar-refractivity contribution is 6.04. The van der Waals surface area contributed by atoms with Crippen molar-refractivity contribution in [2.45, 2.75) is 24.4 Å². The van der Waals surface area contributed by atoms with Gasteiger partial charge in [-0.25, -0.2) is 0 Å².